The lowest BCUT2D eigenvalue weighted by atomic mass is 10.2. The Balaban J connectivity index is 1.71. The van der Waals surface area contributed by atoms with Crippen molar-refractivity contribution < 1.29 is 21.3 Å². The molecule has 0 aliphatic rings. The van der Waals surface area contributed by atoms with Gasteiger partial charge in [0.15, 0.2) is 0 Å². The Morgan fingerprint density at radius 2 is 1.45 bits per heavy atom. The predicted octanol–water partition coefficient (Wildman–Crippen LogP) is 5.00. The van der Waals surface area contributed by atoms with E-state index in [2.05, 4.69) is 9.44 Å². The van der Waals surface area contributed by atoms with Crippen LogP contribution in [0, 0.1) is 6.92 Å². The molecule has 0 saturated heterocycles. The van der Waals surface area contributed by atoms with Crippen molar-refractivity contribution in [1.29, 1.82) is 0 Å². The minimum Gasteiger partial charge on any atom is -0.443 e. The van der Waals surface area contributed by atoms with Crippen LogP contribution in [0.25, 0.3) is 11.0 Å². The summed E-state index contributed by atoms with van der Waals surface area (Å²) in [6.07, 6.45) is 0. The second-order valence-corrected chi connectivity index (χ2v) is 10.5. The third-order valence-corrected chi connectivity index (χ3v) is 7.50. The lowest BCUT2D eigenvalue weighted by Gasteiger charge is -2.15. The molecular formula is C21H17ClN2O5S2. The molecule has 1 heterocycles. The maximum atomic E-state index is 12.9. The van der Waals surface area contributed by atoms with Crippen LogP contribution < -0.4 is 9.44 Å². The van der Waals surface area contributed by atoms with Crippen molar-refractivity contribution in [1.82, 2.24) is 0 Å². The maximum absolute atomic E-state index is 12.9. The molecule has 0 atom stereocenters. The molecule has 2 N–H and O–H groups in total. The highest BCUT2D eigenvalue weighted by Crippen LogP contribution is 2.31. The number of hydrogen-bond acceptors (Lipinski definition) is 5. The fourth-order valence-electron chi connectivity index (χ4n) is 3.03. The van der Waals surface area contributed by atoms with Gasteiger partial charge in [0.05, 0.1) is 16.3 Å². The summed E-state index contributed by atoms with van der Waals surface area (Å²) in [6, 6.07) is 18.9. The molecule has 0 amide bonds. The van der Waals surface area contributed by atoms with Gasteiger partial charge in [-0.1, -0.05) is 48.0 Å². The second kappa shape index (κ2) is 7.92. The molecule has 0 aliphatic carbocycles. The van der Waals surface area contributed by atoms with E-state index in [-0.39, 0.29) is 26.4 Å². The molecule has 31 heavy (non-hydrogen) atoms. The maximum Gasteiger partial charge on any atom is 0.295 e. The number of nitrogens with one attached hydrogen (secondary N) is 2. The van der Waals surface area contributed by atoms with Gasteiger partial charge in [0, 0.05) is 16.5 Å². The SMILES string of the molecule is Cc1ccccc1S(=O)(=O)Nc1ccc(Cl)cc1NS(=O)(=O)c1cc2ccccc2o1. The molecule has 0 radical (unpaired) electrons. The minimum absolute atomic E-state index is 0.0207. The molecule has 0 aliphatic heterocycles. The van der Waals surface area contributed by atoms with Crippen molar-refractivity contribution in [3.8, 4) is 0 Å². The van der Waals surface area contributed by atoms with E-state index in [9.17, 15) is 16.8 Å². The third kappa shape index (κ3) is 4.39. The van der Waals surface area contributed by atoms with Gasteiger partial charge < -0.3 is 4.42 Å². The molecule has 160 valence electrons. The first-order valence-electron chi connectivity index (χ1n) is 9.05. The van der Waals surface area contributed by atoms with Gasteiger partial charge in [-0.05, 0) is 42.8 Å². The van der Waals surface area contributed by atoms with Crippen LogP contribution in [-0.2, 0) is 20.0 Å². The van der Waals surface area contributed by atoms with Gasteiger partial charge in [0.25, 0.3) is 20.0 Å². The fourth-order valence-corrected chi connectivity index (χ4v) is 5.57. The van der Waals surface area contributed by atoms with Crippen LogP contribution in [-0.4, -0.2) is 16.8 Å². The topological polar surface area (TPSA) is 105 Å². The highest BCUT2D eigenvalue weighted by Gasteiger charge is 2.23. The number of para-hydroxylation sites is 1. The summed E-state index contributed by atoms with van der Waals surface area (Å²) < 4.78 is 61.8. The first-order chi connectivity index (χ1) is 14.7. The molecule has 0 spiro atoms. The van der Waals surface area contributed by atoms with Crippen LogP contribution in [0.4, 0.5) is 11.4 Å². The first kappa shape index (κ1) is 21.2. The van der Waals surface area contributed by atoms with Crippen molar-refractivity contribution in [3.63, 3.8) is 0 Å². The Hall–Kier alpha value is -3.01. The summed E-state index contributed by atoms with van der Waals surface area (Å²) in [6.45, 7) is 1.67. The molecule has 7 nitrogen and oxygen atoms in total. The van der Waals surface area contributed by atoms with Crippen LogP contribution in [0.2, 0.25) is 5.02 Å². The van der Waals surface area contributed by atoms with Gasteiger partial charge in [-0.15, -0.1) is 0 Å². The summed E-state index contributed by atoms with van der Waals surface area (Å²) in [7, 11) is -8.12. The quantitative estimate of drug-likeness (QED) is 0.407. The summed E-state index contributed by atoms with van der Waals surface area (Å²) in [5.41, 5.74) is 0.945. The van der Waals surface area contributed by atoms with Gasteiger partial charge in [-0.2, -0.15) is 8.42 Å². The van der Waals surface area contributed by atoms with E-state index in [0.29, 0.717) is 16.5 Å². The Labute approximate surface area is 184 Å². The standard InChI is InChI=1S/C21H17ClN2O5S2/c1-14-6-2-5-9-20(14)30(25,26)23-17-11-10-16(22)13-18(17)24-31(27,28)21-12-15-7-3-4-8-19(15)29-21/h2-13,23-24H,1H3. The van der Waals surface area contributed by atoms with Gasteiger partial charge in [-0.25, -0.2) is 8.42 Å². The number of sulfonamides is 2. The number of furan rings is 1. The Bertz CT molecular complexity index is 1460. The van der Waals surface area contributed by atoms with E-state index >= 15 is 0 Å². The second-order valence-electron chi connectivity index (χ2n) is 6.77. The number of fused-ring (bicyclic) bond motifs is 1. The number of anilines is 2. The van der Waals surface area contributed by atoms with Crippen molar-refractivity contribution in [2.45, 2.75) is 16.9 Å². The average Bonchev–Trinajstić information content (AvgIpc) is 3.15. The fraction of sp³-hybridized carbons (Fsp3) is 0.0476. The van der Waals surface area contributed by atoms with Gasteiger partial charge in [0.1, 0.15) is 5.58 Å². The van der Waals surface area contributed by atoms with E-state index in [4.69, 9.17) is 16.0 Å². The highest BCUT2D eigenvalue weighted by molar-refractivity contribution is 7.93. The molecule has 10 heteroatoms. The average molecular weight is 477 g/mol. The molecule has 4 aromatic rings. The van der Waals surface area contributed by atoms with Crippen LogP contribution in [0.1, 0.15) is 5.56 Å². The predicted molar refractivity (Wildman–Crippen MR) is 120 cm³/mol. The van der Waals surface area contributed by atoms with Crippen molar-refractivity contribution in [2.24, 2.45) is 0 Å². The first-order valence-corrected chi connectivity index (χ1v) is 12.4. The molecule has 0 unspecified atom stereocenters. The van der Waals surface area contributed by atoms with Crippen LogP contribution in [0.15, 0.2) is 87.2 Å². The molecule has 0 bridgehead atoms. The number of hydrogen-bond donors (Lipinski definition) is 2. The third-order valence-electron chi connectivity index (χ3n) is 4.52. The Morgan fingerprint density at radius 3 is 2.19 bits per heavy atom. The lowest BCUT2D eigenvalue weighted by Crippen LogP contribution is -2.18. The molecule has 4 rings (SSSR count). The van der Waals surface area contributed by atoms with E-state index in [1.165, 1.54) is 30.3 Å². The van der Waals surface area contributed by atoms with Crippen molar-refractivity contribution >= 4 is 54.0 Å². The van der Waals surface area contributed by atoms with Gasteiger partial charge >= 0.3 is 0 Å². The summed E-state index contributed by atoms with van der Waals surface area (Å²) >= 11 is 6.03. The largest absolute Gasteiger partial charge is 0.443 e. The van der Waals surface area contributed by atoms with Crippen molar-refractivity contribution in [2.75, 3.05) is 9.44 Å². The molecule has 0 saturated carbocycles. The summed E-state index contributed by atoms with van der Waals surface area (Å²) in [4.78, 5) is 0.0797. The highest BCUT2D eigenvalue weighted by atomic mass is 35.5. The van der Waals surface area contributed by atoms with Gasteiger partial charge in [-0.3, -0.25) is 9.44 Å². The van der Waals surface area contributed by atoms with Crippen LogP contribution in [0.3, 0.4) is 0 Å². The Morgan fingerprint density at radius 1 is 0.774 bits per heavy atom. The summed E-state index contributed by atoms with van der Waals surface area (Å²) in [5, 5.41) is 0.539. The van der Waals surface area contributed by atoms with Crippen LogP contribution in [0.5, 0.6) is 0 Å². The molecule has 0 fully saturated rings. The van der Waals surface area contributed by atoms with Crippen molar-refractivity contribution in [3.05, 3.63) is 83.4 Å². The van der Waals surface area contributed by atoms with E-state index in [1.54, 1.807) is 49.4 Å². The molecular weight excluding hydrogens is 460 g/mol. The lowest BCUT2D eigenvalue weighted by molar-refractivity contribution is 0.484. The number of benzene rings is 3. The zero-order valence-corrected chi connectivity index (χ0v) is 18.6. The monoisotopic (exact) mass is 476 g/mol. The summed E-state index contributed by atoms with van der Waals surface area (Å²) in [5.74, 6) is 0. The van der Waals surface area contributed by atoms with Crippen LogP contribution >= 0.6 is 11.6 Å². The zero-order valence-electron chi connectivity index (χ0n) is 16.2. The number of rotatable bonds is 6. The van der Waals surface area contributed by atoms with Gasteiger partial charge in [0.2, 0.25) is 5.09 Å². The number of halogens is 1. The van der Waals surface area contributed by atoms with E-state index in [0.717, 1.165) is 0 Å². The smallest absolute Gasteiger partial charge is 0.295 e. The molecule has 3 aromatic carbocycles. The molecule has 1 aromatic heterocycles. The number of aryl methyl sites for hydroxylation is 1. The Kier molecular flexibility index (Phi) is 5.42. The zero-order chi connectivity index (χ0) is 22.2. The normalized spacial score (nSPS) is 12.1. The van der Waals surface area contributed by atoms with E-state index < -0.39 is 20.0 Å². The minimum atomic E-state index is -4.15. The van der Waals surface area contributed by atoms with E-state index in [1.807, 2.05) is 0 Å².